The Morgan fingerprint density at radius 1 is 1.38 bits per heavy atom. The lowest BCUT2D eigenvalue weighted by atomic mass is 9.83. The summed E-state index contributed by atoms with van der Waals surface area (Å²) >= 11 is 0. The van der Waals surface area contributed by atoms with Crippen molar-refractivity contribution in [3.63, 3.8) is 0 Å². The van der Waals surface area contributed by atoms with Gasteiger partial charge in [0, 0.05) is 19.0 Å². The molecule has 1 heterocycles. The summed E-state index contributed by atoms with van der Waals surface area (Å²) in [6.07, 6.45) is 2.97. The van der Waals surface area contributed by atoms with Gasteiger partial charge in [0.1, 0.15) is 0 Å². The largest absolute Gasteiger partial charge is 0.459 e. The van der Waals surface area contributed by atoms with Crippen molar-refractivity contribution < 1.29 is 19.1 Å². The van der Waals surface area contributed by atoms with E-state index in [4.69, 9.17) is 4.42 Å². The number of nitrogens with one attached hydrogen (secondary N) is 1. The van der Waals surface area contributed by atoms with Crippen LogP contribution in [0.3, 0.4) is 0 Å². The van der Waals surface area contributed by atoms with Gasteiger partial charge in [0.2, 0.25) is 5.91 Å². The molecule has 1 aromatic heterocycles. The third-order valence-corrected chi connectivity index (χ3v) is 3.96. The Morgan fingerprint density at radius 3 is 2.52 bits per heavy atom. The predicted octanol–water partition coefficient (Wildman–Crippen LogP) is 1.27. The van der Waals surface area contributed by atoms with Crippen molar-refractivity contribution in [2.45, 2.75) is 26.7 Å². The average molecular weight is 296 g/mol. The molecule has 0 aliphatic heterocycles. The molecule has 0 spiro atoms. The summed E-state index contributed by atoms with van der Waals surface area (Å²) in [5.74, 6) is -0.385. The van der Waals surface area contributed by atoms with Crippen molar-refractivity contribution in [2.24, 2.45) is 5.41 Å². The number of carbonyl (C=O) groups is 2. The van der Waals surface area contributed by atoms with Crippen molar-refractivity contribution in [3.8, 4) is 0 Å². The van der Waals surface area contributed by atoms with Crippen LogP contribution in [0.2, 0.25) is 0 Å². The van der Waals surface area contributed by atoms with Crippen LogP contribution in [0.15, 0.2) is 22.8 Å². The monoisotopic (exact) mass is 296 g/mol. The lowest BCUT2D eigenvalue weighted by Gasteiger charge is -2.29. The number of aliphatic hydroxyl groups excluding tert-OH is 1. The van der Waals surface area contributed by atoms with Gasteiger partial charge in [0.15, 0.2) is 5.76 Å². The van der Waals surface area contributed by atoms with Crippen molar-refractivity contribution in [1.29, 1.82) is 0 Å². The maximum absolute atomic E-state index is 11.9. The van der Waals surface area contributed by atoms with Gasteiger partial charge in [-0.15, -0.1) is 0 Å². The fourth-order valence-electron chi connectivity index (χ4n) is 2.00. The zero-order valence-corrected chi connectivity index (χ0v) is 12.9. The quantitative estimate of drug-likeness (QED) is 0.756. The summed E-state index contributed by atoms with van der Waals surface area (Å²) in [4.78, 5) is 25.1. The smallest absolute Gasteiger partial charge is 0.289 e. The van der Waals surface area contributed by atoms with Crippen molar-refractivity contribution in [1.82, 2.24) is 10.2 Å². The van der Waals surface area contributed by atoms with Gasteiger partial charge in [-0.2, -0.15) is 0 Å². The summed E-state index contributed by atoms with van der Waals surface area (Å²) in [6, 6.07) is 3.18. The molecule has 0 bridgehead atoms. The molecular formula is C15H24N2O4. The van der Waals surface area contributed by atoms with Crippen LogP contribution in [0, 0.1) is 5.41 Å². The number of furan rings is 1. The van der Waals surface area contributed by atoms with Crippen LogP contribution in [0.4, 0.5) is 0 Å². The van der Waals surface area contributed by atoms with E-state index in [9.17, 15) is 14.7 Å². The lowest BCUT2D eigenvalue weighted by molar-refractivity contribution is -0.122. The number of carbonyl (C=O) groups excluding carboxylic acids is 2. The number of hydrogen-bond acceptors (Lipinski definition) is 4. The van der Waals surface area contributed by atoms with Gasteiger partial charge in [-0.3, -0.25) is 9.59 Å². The van der Waals surface area contributed by atoms with Crippen LogP contribution in [-0.2, 0) is 4.79 Å². The van der Waals surface area contributed by atoms with Crippen molar-refractivity contribution in [3.05, 3.63) is 24.2 Å². The molecule has 0 atom stereocenters. The molecule has 118 valence electrons. The van der Waals surface area contributed by atoms with Crippen molar-refractivity contribution in [2.75, 3.05) is 26.7 Å². The topological polar surface area (TPSA) is 82.8 Å². The predicted molar refractivity (Wildman–Crippen MR) is 78.8 cm³/mol. The average Bonchev–Trinajstić information content (AvgIpc) is 3.02. The van der Waals surface area contributed by atoms with E-state index in [0.29, 0.717) is 6.54 Å². The maximum atomic E-state index is 11.9. The minimum Gasteiger partial charge on any atom is -0.459 e. The number of likely N-dealkylation sites (N-methyl/N-ethyl adjacent to an activating group) is 1. The van der Waals surface area contributed by atoms with Crippen LogP contribution < -0.4 is 5.32 Å². The Balaban J connectivity index is 2.48. The van der Waals surface area contributed by atoms with Crippen molar-refractivity contribution >= 4 is 11.8 Å². The fourth-order valence-corrected chi connectivity index (χ4v) is 2.00. The minimum absolute atomic E-state index is 0.0292. The summed E-state index contributed by atoms with van der Waals surface area (Å²) < 4.78 is 5.01. The number of amides is 2. The van der Waals surface area contributed by atoms with E-state index in [2.05, 4.69) is 5.32 Å². The highest BCUT2D eigenvalue weighted by Gasteiger charge is 2.26. The Morgan fingerprint density at radius 2 is 2.05 bits per heavy atom. The molecule has 0 radical (unpaired) electrons. The Labute approximate surface area is 125 Å². The van der Waals surface area contributed by atoms with Gasteiger partial charge in [-0.1, -0.05) is 13.8 Å². The SMILES string of the molecule is CCC(CC)(CO)CNC(=O)CN(C)C(=O)c1ccco1. The molecule has 0 saturated carbocycles. The molecule has 2 amide bonds. The second-order valence-corrected chi connectivity index (χ2v) is 5.28. The van der Waals surface area contributed by atoms with E-state index in [1.165, 1.54) is 11.2 Å². The second kappa shape index (κ2) is 7.83. The molecule has 6 nitrogen and oxygen atoms in total. The highest BCUT2D eigenvalue weighted by molar-refractivity contribution is 5.94. The van der Waals surface area contributed by atoms with Crippen LogP contribution in [-0.4, -0.2) is 48.6 Å². The molecule has 2 N–H and O–H groups in total. The molecule has 0 unspecified atom stereocenters. The van der Waals surface area contributed by atoms with Gasteiger partial charge >= 0.3 is 0 Å². The van der Waals surface area contributed by atoms with Crippen LogP contribution in [0.5, 0.6) is 0 Å². The first-order valence-electron chi connectivity index (χ1n) is 7.14. The highest BCUT2D eigenvalue weighted by atomic mass is 16.3. The lowest BCUT2D eigenvalue weighted by Crippen LogP contribution is -2.44. The highest BCUT2D eigenvalue weighted by Crippen LogP contribution is 2.24. The summed E-state index contributed by atoms with van der Waals surface area (Å²) in [5.41, 5.74) is -0.292. The van der Waals surface area contributed by atoms with E-state index in [1.807, 2.05) is 13.8 Å². The molecule has 1 rings (SSSR count). The molecule has 0 fully saturated rings. The number of aliphatic hydroxyl groups is 1. The van der Waals surface area contributed by atoms with Gasteiger partial charge < -0.3 is 19.7 Å². The minimum atomic E-state index is -0.338. The second-order valence-electron chi connectivity index (χ2n) is 5.28. The third-order valence-electron chi connectivity index (χ3n) is 3.96. The first-order valence-corrected chi connectivity index (χ1v) is 7.14. The summed E-state index contributed by atoms with van der Waals surface area (Å²) in [5, 5.41) is 12.2. The fraction of sp³-hybridized carbons (Fsp3) is 0.600. The molecule has 6 heteroatoms. The van der Waals surface area contributed by atoms with E-state index < -0.39 is 0 Å². The van der Waals surface area contributed by atoms with Gasteiger partial charge in [0.05, 0.1) is 19.4 Å². The molecule has 0 aliphatic carbocycles. The van der Waals surface area contributed by atoms with Gasteiger partial charge in [-0.25, -0.2) is 0 Å². The Hall–Kier alpha value is -1.82. The normalized spacial score (nSPS) is 11.2. The van der Waals surface area contributed by atoms with Crippen LogP contribution in [0.25, 0.3) is 0 Å². The van der Waals surface area contributed by atoms with Gasteiger partial charge in [-0.05, 0) is 25.0 Å². The number of nitrogens with zero attached hydrogens (tertiary/aromatic N) is 1. The number of hydrogen-bond donors (Lipinski definition) is 2. The van der Waals surface area contributed by atoms with Crippen LogP contribution in [0.1, 0.15) is 37.2 Å². The zero-order valence-electron chi connectivity index (χ0n) is 12.9. The first kappa shape index (κ1) is 17.2. The summed E-state index contributed by atoms with van der Waals surface area (Å²) in [6.45, 7) is 4.35. The maximum Gasteiger partial charge on any atom is 0.289 e. The molecule has 0 aromatic carbocycles. The standard InChI is InChI=1S/C15H24N2O4/c1-4-15(5-2,11-18)10-16-13(19)9-17(3)14(20)12-7-6-8-21-12/h6-8,18H,4-5,9-11H2,1-3H3,(H,16,19). The van der Waals surface area contributed by atoms with Gasteiger partial charge in [0.25, 0.3) is 5.91 Å². The molecule has 0 aliphatic rings. The molecule has 21 heavy (non-hydrogen) atoms. The first-order chi connectivity index (χ1) is 9.98. The van der Waals surface area contributed by atoms with E-state index in [0.717, 1.165) is 12.8 Å². The Bertz CT molecular complexity index is 444. The summed E-state index contributed by atoms with van der Waals surface area (Å²) in [7, 11) is 1.55. The molecule has 1 aromatic rings. The number of rotatable bonds is 8. The molecular weight excluding hydrogens is 272 g/mol. The van der Waals surface area contributed by atoms with Crippen LogP contribution >= 0.6 is 0 Å². The van der Waals surface area contributed by atoms with E-state index in [-0.39, 0.29) is 36.1 Å². The van der Waals surface area contributed by atoms with E-state index in [1.54, 1.807) is 19.2 Å². The third kappa shape index (κ3) is 4.60. The Kier molecular flexibility index (Phi) is 6.42. The van der Waals surface area contributed by atoms with E-state index >= 15 is 0 Å². The molecule has 0 saturated heterocycles. The zero-order chi connectivity index (χ0) is 15.9.